The largest absolute Gasteiger partial charge is 0.497 e. The van der Waals surface area contributed by atoms with E-state index in [2.05, 4.69) is 15.3 Å². The number of halogens is 1. The predicted octanol–water partition coefficient (Wildman–Crippen LogP) is 4.17. The Bertz CT molecular complexity index is 1050. The molecule has 0 saturated heterocycles. The van der Waals surface area contributed by atoms with Crippen molar-refractivity contribution < 1.29 is 9.13 Å². The molecule has 4 aromatic rings. The lowest BCUT2D eigenvalue weighted by Gasteiger charge is -1.98. The van der Waals surface area contributed by atoms with E-state index in [0.717, 1.165) is 16.3 Å². The number of hydrogen-bond acceptors (Lipinski definition) is 5. The Kier molecular flexibility index (Phi) is 3.99. The average molecular weight is 352 g/mol. The molecular formula is C18H13FN4OS. The van der Waals surface area contributed by atoms with E-state index in [9.17, 15) is 4.39 Å². The van der Waals surface area contributed by atoms with E-state index < -0.39 is 0 Å². The second kappa shape index (κ2) is 6.45. The molecule has 2 heterocycles. The number of hydrogen-bond donors (Lipinski definition) is 0. The molecule has 0 unspecified atom stereocenters. The molecule has 0 saturated carbocycles. The van der Waals surface area contributed by atoms with Crippen LogP contribution in [-0.2, 0) is 0 Å². The normalized spacial score (nSPS) is 11.4. The predicted molar refractivity (Wildman–Crippen MR) is 96.0 cm³/mol. The molecule has 0 N–H and O–H groups in total. The quantitative estimate of drug-likeness (QED) is 0.553. The van der Waals surface area contributed by atoms with Gasteiger partial charge in [0.2, 0.25) is 4.96 Å². The first-order valence-electron chi connectivity index (χ1n) is 7.53. The monoisotopic (exact) mass is 352 g/mol. The van der Waals surface area contributed by atoms with Gasteiger partial charge in [0.25, 0.3) is 0 Å². The molecule has 2 aromatic carbocycles. The Morgan fingerprint density at radius 2 is 1.92 bits per heavy atom. The molecule has 25 heavy (non-hydrogen) atoms. The Balaban J connectivity index is 1.64. The Hall–Kier alpha value is -3.06. The van der Waals surface area contributed by atoms with Crippen molar-refractivity contribution >= 4 is 28.4 Å². The third kappa shape index (κ3) is 3.14. The highest BCUT2D eigenvalue weighted by Gasteiger charge is 2.12. The molecule has 4 rings (SSSR count). The number of aromatic nitrogens is 4. The number of methoxy groups -OCH3 is 1. The van der Waals surface area contributed by atoms with Crippen LogP contribution in [0.15, 0.2) is 48.5 Å². The van der Waals surface area contributed by atoms with Gasteiger partial charge in [-0.1, -0.05) is 41.7 Å². The fourth-order valence-corrected chi connectivity index (χ4v) is 3.13. The van der Waals surface area contributed by atoms with Gasteiger partial charge in [-0.2, -0.15) is 9.61 Å². The van der Waals surface area contributed by atoms with Crippen molar-refractivity contribution in [3.05, 3.63) is 64.9 Å². The van der Waals surface area contributed by atoms with E-state index in [4.69, 9.17) is 4.74 Å². The van der Waals surface area contributed by atoms with Crippen molar-refractivity contribution in [2.24, 2.45) is 0 Å². The van der Waals surface area contributed by atoms with Crippen LogP contribution in [0.5, 0.6) is 5.75 Å². The highest BCUT2D eigenvalue weighted by molar-refractivity contribution is 7.17. The summed E-state index contributed by atoms with van der Waals surface area (Å²) in [4.78, 5) is 0.661. The maximum absolute atomic E-state index is 13.4. The van der Waals surface area contributed by atoms with E-state index >= 15 is 0 Å². The zero-order chi connectivity index (χ0) is 17.2. The van der Waals surface area contributed by atoms with Gasteiger partial charge in [0.15, 0.2) is 5.82 Å². The molecule has 0 amide bonds. The third-order valence-electron chi connectivity index (χ3n) is 3.62. The molecule has 0 aliphatic carbocycles. The summed E-state index contributed by atoms with van der Waals surface area (Å²) in [5, 5.41) is 13.5. The summed E-state index contributed by atoms with van der Waals surface area (Å²) < 4.78 is 20.2. The van der Waals surface area contributed by atoms with Crippen molar-refractivity contribution in [2.75, 3.05) is 7.11 Å². The SMILES string of the molecule is COc1ccc(/C=C\c2nn3c(-c4cccc(F)c4)nnc3s2)cc1. The van der Waals surface area contributed by atoms with Gasteiger partial charge in [-0.25, -0.2) is 4.39 Å². The van der Waals surface area contributed by atoms with Crippen LogP contribution in [0, 0.1) is 5.82 Å². The standard InChI is InChI=1S/C18H13FN4OS/c1-24-15-8-5-12(6-9-15)7-10-16-22-23-17(20-21-18(23)25-16)13-3-2-4-14(19)11-13/h2-11H,1H3/b10-7-. The third-order valence-corrected chi connectivity index (χ3v) is 4.49. The van der Waals surface area contributed by atoms with Crippen LogP contribution < -0.4 is 4.74 Å². The topological polar surface area (TPSA) is 52.3 Å². The Morgan fingerprint density at radius 1 is 1.08 bits per heavy atom. The van der Waals surface area contributed by atoms with Crippen LogP contribution in [0.1, 0.15) is 10.6 Å². The highest BCUT2D eigenvalue weighted by atomic mass is 32.1. The molecule has 5 nitrogen and oxygen atoms in total. The molecule has 0 fully saturated rings. The molecule has 0 bridgehead atoms. The molecule has 7 heteroatoms. The molecule has 0 aliphatic heterocycles. The average Bonchev–Trinajstić information content (AvgIpc) is 3.20. The molecule has 0 radical (unpaired) electrons. The van der Waals surface area contributed by atoms with Crippen molar-refractivity contribution in [3.8, 4) is 17.1 Å². The van der Waals surface area contributed by atoms with E-state index in [-0.39, 0.29) is 5.82 Å². The van der Waals surface area contributed by atoms with Gasteiger partial charge < -0.3 is 4.74 Å². The van der Waals surface area contributed by atoms with E-state index in [1.165, 1.54) is 23.5 Å². The van der Waals surface area contributed by atoms with Crippen molar-refractivity contribution in [1.82, 2.24) is 19.8 Å². The maximum atomic E-state index is 13.4. The van der Waals surface area contributed by atoms with Gasteiger partial charge in [-0.3, -0.25) is 0 Å². The van der Waals surface area contributed by atoms with Gasteiger partial charge >= 0.3 is 0 Å². The van der Waals surface area contributed by atoms with Gasteiger partial charge in [0.1, 0.15) is 16.6 Å². The molecular weight excluding hydrogens is 339 g/mol. The zero-order valence-corrected chi connectivity index (χ0v) is 14.1. The first kappa shape index (κ1) is 15.5. The summed E-state index contributed by atoms with van der Waals surface area (Å²) in [6.07, 6.45) is 3.88. The number of nitrogens with zero attached hydrogens (tertiary/aromatic N) is 4. The van der Waals surface area contributed by atoms with E-state index in [1.54, 1.807) is 23.8 Å². The van der Waals surface area contributed by atoms with Crippen LogP contribution in [0.2, 0.25) is 0 Å². The van der Waals surface area contributed by atoms with Crippen molar-refractivity contribution in [1.29, 1.82) is 0 Å². The highest BCUT2D eigenvalue weighted by Crippen LogP contribution is 2.23. The number of fused-ring (bicyclic) bond motifs is 1. The van der Waals surface area contributed by atoms with Crippen LogP contribution in [0.4, 0.5) is 4.39 Å². The van der Waals surface area contributed by atoms with Crippen LogP contribution in [0.3, 0.4) is 0 Å². The first-order chi connectivity index (χ1) is 12.2. The lowest BCUT2D eigenvalue weighted by Crippen LogP contribution is -1.91. The summed E-state index contributed by atoms with van der Waals surface area (Å²) in [6.45, 7) is 0. The number of rotatable bonds is 4. The minimum Gasteiger partial charge on any atom is -0.497 e. The summed E-state index contributed by atoms with van der Waals surface area (Å²) in [7, 11) is 1.64. The van der Waals surface area contributed by atoms with Gasteiger partial charge in [-0.05, 0) is 35.9 Å². The van der Waals surface area contributed by atoms with E-state index in [0.29, 0.717) is 16.3 Å². The second-order valence-electron chi connectivity index (χ2n) is 5.28. The summed E-state index contributed by atoms with van der Waals surface area (Å²) in [5.41, 5.74) is 1.68. The molecule has 0 aliphatic rings. The molecule has 0 spiro atoms. The van der Waals surface area contributed by atoms with Gasteiger partial charge in [0, 0.05) is 5.56 Å². The van der Waals surface area contributed by atoms with E-state index in [1.807, 2.05) is 36.4 Å². The minimum absolute atomic E-state index is 0.316. The van der Waals surface area contributed by atoms with Gasteiger partial charge in [-0.15, -0.1) is 10.2 Å². The fraction of sp³-hybridized carbons (Fsp3) is 0.0556. The molecule has 124 valence electrons. The zero-order valence-electron chi connectivity index (χ0n) is 13.3. The lowest BCUT2D eigenvalue weighted by molar-refractivity contribution is 0.415. The van der Waals surface area contributed by atoms with Gasteiger partial charge in [0.05, 0.1) is 7.11 Å². The minimum atomic E-state index is -0.316. The molecule has 0 atom stereocenters. The van der Waals surface area contributed by atoms with Crippen LogP contribution in [0.25, 0.3) is 28.5 Å². The smallest absolute Gasteiger partial charge is 0.235 e. The Labute approximate surface area is 147 Å². The van der Waals surface area contributed by atoms with Crippen molar-refractivity contribution in [2.45, 2.75) is 0 Å². The first-order valence-corrected chi connectivity index (χ1v) is 8.35. The second-order valence-corrected chi connectivity index (χ2v) is 6.26. The van der Waals surface area contributed by atoms with Crippen LogP contribution >= 0.6 is 11.3 Å². The summed E-state index contributed by atoms with van der Waals surface area (Å²) >= 11 is 1.42. The Morgan fingerprint density at radius 3 is 2.68 bits per heavy atom. The number of ether oxygens (including phenoxy) is 1. The summed E-state index contributed by atoms with van der Waals surface area (Å²) in [5.74, 6) is 1.02. The maximum Gasteiger partial charge on any atom is 0.235 e. The summed E-state index contributed by atoms with van der Waals surface area (Å²) in [6, 6.07) is 14.0. The number of benzene rings is 2. The fourth-order valence-electron chi connectivity index (χ4n) is 2.39. The lowest BCUT2D eigenvalue weighted by atomic mass is 10.2. The van der Waals surface area contributed by atoms with Crippen molar-refractivity contribution in [3.63, 3.8) is 0 Å². The molecule has 2 aromatic heterocycles. The van der Waals surface area contributed by atoms with Crippen LogP contribution in [-0.4, -0.2) is 26.9 Å².